The Morgan fingerprint density at radius 2 is 2.00 bits per heavy atom. The molecule has 0 bridgehead atoms. The van der Waals surface area contributed by atoms with Crippen LogP contribution in [0.15, 0.2) is 30.3 Å². The number of carbonyl (C=O) groups is 2. The third-order valence-electron chi connectivity index (χ3n) is 5.19. The Bertz CT molecular complexity index is 765. The van der Waals surface area contributed by atoms with Crippen LogP contribution >= 0.6 is 12.2 Å². The Kier molecular flexibility index (Phi) is 10.4. The molecule has 5 nitrogen and oxygen atoms in total. The van der Waals surface area contributed by atoms with Crippen molar-refractivity contribution < 1.29 is 23.8 Å². The fourth-order valence-electron chi connectivity index (χ4n) is 3.53. The van der Waals surface area contributed by atoms with Gasteiger partial charge in [0.2, 0.25) is 0 Å². The molecular formula is C24H30O5S. The van der Waals surface area contributed by atoms with Gasteiger partial charge in [-0.25, -0.2) is 0 Å². The number of esters is 1. The number of Topliss-reactive ketones (excluding diaryl/α,β-unsaturated/α-hetero) is 1. The van der Waals surface area contributed by atoms with E-state index in [0.29, 0.717) is 25.0 Å². The zero-order valence-corrected chi connectivity index (χ0v) is 18.5. The fraction of sp³-hybridized carbons (Fsp3) is 0.542. The van der Waals surface area contributed by atoms with Gasteiger partial charge in [-0.1, -0.05) is 49.8 Å². The monoisotopic (exact) mass is 430 g/mol. The van der Waals surface area contributed by atoms with Gasteiger partial charge in [-0.15, -0.1) is 0 Å². The average Bonchev–Trinajstić information content (AvgIpc) is 3.11. The zero-order chi connectivity index (χ0) is 21.8. The van der Waals surface area contributed by atoms with Gasteiger partial charge in [0.05, 0.1) is 13.0 Å². The maximum atomic E-state index is 12.9. The van der Waals surface area contributed by atoms with Crippen LogP contribution in [0.1, 0.15) is 58.3 Å². The van der Waals surface area contributed by atoms with Crippen molar-refractivity contribution in [3.63, 3.8) is 0 Å². The summed E-state index contributed by atoms with van der Waals surface area (Å²) in [5, 5.41) is -0.0418. The first-order chi connectivity index (χ1) is 14.5. The molecule has 0 spiro atoms. The normalized spacial score (nSPS) is 18.8. The van der Waals surface area contributed by atoms with Gasteiger partial charge in [-0.3, -0.25) is 9.59 Å². The van der Waals surface area contributed by atoms with E-state index >= 15 is 0 Å². The van der Waals surface area contributed by atoms with Crippen molar-refractivity contribution in [1.82, 2.24) is 0 Å². The van der Waals surface area contributed by atoms with E-state index in [0.717, 1.165) is 32.1 Å². The molecular weight excluding hydrogens is 400 g/mol. The van der Waals surface area contributed by atoms with Crippen LogP contribution < -0.4 is 4.74 Å². The highest BCUT2D eigenvalue weighted by atomic mass is 32.1. The summed E-state index contributed by atoms with van der Waals surface area (Å²) in [4.78, 5) is 24.1. The highest BCUT2D eigenvalue weighted by Crippen LogP contribution is 2.34. The molecule has 1 aromatic carbocycles. The molecule has 1 saturated carbocycles. The van der Waals surface area contributed by atoms with E-state index in [4.69, 9.17) is 21.7 Å². The van der Waals surface area contributed by atoms with E-state index in [2.05, 4.69) is 23.5 Å². The van der Waals surface area contributed by atoms with E-state index in [9.17, 15) is 9.59 Å². The van der Waals surface area contributed by atoms with Crippen LogP contribution in [-0.2, 0) is 19.1 Å². The molecule has 30 heavy (non-hydrogen) atoms. The van der Waals surface area contributed by atoms with E-state index in [1.54, 1.807) is 12.1 Å². The molecule has 1 aromatic rings. The molecule has 0 aromatic heterocycles. The predicted molar refractivity (Wildman–Crippen MR) is 119 cm³/mol. The number of para-hydroxylation sites is 1. The summed E-state index contributed by atoms with van der Waals surface area (Å²) in [7, 11) is 1.37. The van der Waals surface area contributed by atoms with Crippen molar-refractivity contribution >= 4 is 29.2 Å². The van der Waals surface area contributed by atoms with Crippen LogP contribution in [0, 0.1) is 23.7 Å². The van der Waals surface area contributed by atoms with Crippen LogP contribution in [0.4, 0.5) is 0 Å². The van der Waals surface area contributed by atoms with Crippen LogP contribution in [0.25, 0.3) is 0 Å². The number of hydrogen-bond acceptors (Lipinski definition) is 6. The summed E-state index contributed by atoms with van der Waals surface area (Å²) in [6, 6.07) is 9.13. The second-order valence-corrected chi connectivity index (χ2v) is 7.71. The van der Waals surface area contributed by atoms with Gasteiger partial charge in [0.25, 0.3) is 0 Å². The molecule has 0 saturated heterocycles. The lowest BCUT2D eigenvalue weighted by molar-refractivity contribution is -0.140. The lowest BCUT2D eigenvalue weighted by Gasteiger charge is -2.20. The Labute approximate surface area is 184 Å². The number of ketones is 1. The molecule has 162 valence electrons. The van der Waals surface area contributed by atoms with Crippen molar-refractivity contribution in [2.24, 2.45) is 11.8 Å². The third-order valence-corrected chi connectivity index (χ3v) is 5.37. The molecule has 3 unspecified atom stereocenters. The highest BCUT2D eigenvalue weighted by Gasteiger charge is 2.39. The van der Waals surface area contributed by atoms with Crippen LogP contribution in [0.2, 0.25) is 0 Å². The van der Waals surface area contributed by atoms with Gasteiger partial charge < -0.3 is 14.2 Å². The number of thiocarbonyl (C=S) groups is 1. The van der Waals surface area contributed by atoms with Crippen molar-refractivity contribution in [1.29, 1.82) is 0 Å². The molecule has 0 radical (unpaired) electrons. The van der Waals surface area contributed by atoms with Gasteiger partial charge in [-0.2, -0.15) is 0 Å². The van der Waals surface area contributed by atoms with E-state index in [1.165, 1.54) is 7.11 Å². The van der Waals surface area contributed by atoms with Gasteiger partial charge in [0.1, 0.15) is 11.5 Å². The first-order valence-corrected chi connectivity index (χ1v) is 11.0. The maximum absolute atomic E-state index is 12.9. The maximum Gasteiger partial charge on any atom is 0.359 e. The summed E-state index contributed by atoms with van der Waals surface area (Å²) >= 11 is 5.25. The predicted octanol–water partition coefficient (Wildman–Crippen LogP) is 4.87. The number of carbonyl (C=O) groups excluding carboxylic acids is 2. The van der Waals surface area contributed by atoms with Gasteiger partial charge in [0.15, 0.2) is 6.10 Å². The molecule has 0 aliphatic heterocycles. The second kappa shape index (κ2) is 13.0. The Morgan fingerprint density at radius 1 is 1.23 bits per heavy atom. The Morgan fingerprint density at radius 3 is 2.70 bits per heavy atom. The van der Waals surface area contributed by atoms with E-state index in [-0.39, 0.29) is 28.8 Å². The first-order valence-electron chi connectivity index (χ1n) is 10.6. The third kappa shape index (κ3) is 7.79. The summed E-state index contributed by atoms with van der Waals surface area (Å²) in [5.41, 5.74) is 0. The molecule has 3 atom stereocenters. The number of rotatable bonds is 9. The SMILES string of the molecule is CCCCC1CCC(C(C#CCCCC(=O)OC)OC(=S)Oc2ccccc2)C1=O. The number of methoxy groups -OCH3 is 1. The molecule has 6 heteroatoms. The smallest absolute Gasteiger partial charge is 0.359 e. The number of unbranched alkanes of at least 4 members (excludes halogenated alkanes) is 2. The Hall–Kier alpha value is -2.39. The molecule has 0 N–H and O–H groups in total. The molecule has 0 amide bonds. The summed E-state index contributed by atoms with van der Waals surface area (Å²) < 4.78 is 16.0. The summed E-state index contributed by atoms with van der Waals surface area (Å²) in [6.07, 6.45) is 5.41. The number of ether oxygens (including phenoxy) is 3. The molecule has 1 fully saturated rings. The summed E-state index contributed by atoms with van der Waals surface area (Å²) in [6.45, 7) is 2.13. The number of benzene rings is 1. The van der Waals surface area contributed by atoms with Gasteiger partial charge in [-0.05, 0) is 37.8 Å². The quantitative estimate of drug-likeness (QED) is 0.241. The molecule has 2 rings (SSSR count). The van der Waals surface area contributed by atoms with Crippen molar-refractivity contribution in [2.45, 2.75) is 64.4 Å². The minimum absolute atomic E-state index is 0.0418. The van der Waals surface area contributed by atoms with Gasteiger partial charge in [0, 0.05) is 31.0 Å². The highest BCUT2D eigenvalue weighted by molar-refractivity contribution is 7.79. The van der Waals surface area contributed by atoms with Gasteiger partial charge >= 0.3 is 11.2 Å². The van der Waals surface area contributed by atoms with Crippen molar-refractivity contribution in [2.75, 3.05) is 7.11 Å². The lowest BCUT2D eigenvalue weighted by Crippen LogP contribution is -2.31. The standard InChI is InChI=1S/C24H30O5S/c1-3-4-11-18-16-17-20(23(18)26)21(14-9-6-10-15-22(25)27-2)29-24(30)28-19-12-7-5-8-13-19/h5,7-8,12-13,18,20-21H,3-4,6,10-11,15-17H2,1-2H3. The Balaban J connectivity index is 2.01. The largest absolute Gasteiger partial charge is 0.469 e. The zero-order valence-electron chi connectivity index (χ0n) is 17.7. The minimum atomic E-state index is -0.640. The van der Waals surface area contributed by atoms with E-state index in [1.807, 2.05) is 18.2 Å². The summed E-state index contributed by atoms with van der Waals surface area (Å²) in [5.74, 6) is 6.40. The molecule has 1 aliphatic rings. The van der Waals surface area contributed by atoms with Crippen LogP contribution in [0.5, 0.6) is 5.75 Å². The molecule has 0 heterocycles. The number of hydrogen-bond donors (Lipinski definition) is 0. The van der Waals surface area contributed by atoms with E-state index < -0.39 is 6.10 Å². The first kappa shape index (κ1) is 23.9. The topological polar surface area (TPSA) is 61.8 Å². The van der Waals surface area contributed by atoms with Crippen molar-refractivity contribution in [3.8, 4) is 17.6 Å². The second-order valence-electron chi connectivity index (χ2n) is 7.38. The fourth-order valence-corrected chi connectivity index (χ4v) is 3.73. The van der Waals surface area contributed by atoms with Crippen LogP contribution in [-0.4, -0.2) is 30.2 Å². The van der Waals surface area contributed by atoms with Crippen molar-refractivity contribution in [3.05, 3.63) is 30.3 Å². The van der Waals surface area contributed by atoms with Crippen LogP contribution in [0.3, 0.4) is 0 Å². The molecule has 1 aliphatic carbocycles. The minimum Gasteiger partial charge on any atom is -0.469 e. The average molecular weight is 431 g/mol. The lowest BCUT2D eigenvalue weighted by atomic mass is 9.94.